The first-order chi connectivity index (χ1) is 11.3. The van der Waals surface area contributed by atoms with Gasteiger partial charge in [0, 0.05) is 9.99 Å². The lowest BCUT2D eigenvalue weighted by atomic mass is 10.1. The Labute approximate surface area is 154 Å². The van der Waals surface area contributed by atoms with Crippen molar-refractivity contribution in [2.45, 2.75) is 64.2 Å². The van der Waals surface area contributed by atoms with Gasteiger partial charge in [-0.1, -0.05) is 57.1 Å². The predicted molar refractivity (Wildman–Crippen MR) is 104 cm³/mol. The summed E-state index contributed by atoms with van der Waals surface area (Å²) in [6.07, 6.45) is 17.1. The summed E-state index contributed by atoms with van der Waals surface area (Å²) in [5.41, 5.74) is 0.665. The fourth-order valence-electron chi connectivity index (χ4n) is 2.44. The highest BCUT2D eigenvalue weighted by Crippen LogP contribution is 2.13. The van der Waals surface area contributed by atoms with Gasteiger partial charge < -0.3 is 4.74 Å². The van der Waals surface area contributed by atoms with Crippen LogP contribution in [0.1, 0.15) is 74.6 Å². The Bertz CT molecular complexity index is 491. The zero-order chi connectivity index (χ0) is 16.8. The minimum Gasteiger partial charge on any atom is -0.462 e. The van der Waals surface area contributed by atoms with Crippen molar-refractivity contribution in [3.05, 3.63) is 33.4 Å². The molecule has 1 aromatic carbocycles. The van der Waals surface area contributed by atoms with E-state index in [1.807, 2.05) is 24.3 Å². The third kappa shape index (κ3) is 9.65. The highest BCUT2D eigenvalue weighted by Gasteiger charge is 2.09. The van der Waals surface area contributed by atoms with Crippen LogP contribution in [0.2, 0.25) is 0 Å². The molecule has 3 heteroatoms. The lowest BCUT2D eigenvalue weighted by Gasteiger charge is -2.06. The smallest absolute Gasteiger partial charge is 0.339 e. The fourth-order valence-corrected chi connectivity index (χ4v) is 3.04. The van der Waals surface area contributed by atoms with Crippen LogP contribution in [0, 0.1) is 15.9 Å². The van der Waals surface area contributed by atoms with Crippen molar-refractivity contribution >= 4 is 28.6 Å². The van der Waals surface area contributed by atoms with Gasteiger partial charge in [-0.05, 0) is 47.6 Å². The summed E-state index contributed by atoms with van der Waals surface area (Å²) < 4.78 is 6.27. The molecule has 0 aliphatic carbocycles. The molecule has 126 valence electrons. The first-order valence-electron chi connectivity index (χ1n) is 8.61. The number of rotatable bonds is 12. The predicted octanol–water partition coefficient (Wildman–Crippen LogP) is 5.98. The van der Waals surface area contributed by atoms with Crippen molar-refractivity contribution in [1.29, 1.82) is 0 Å². The van der Waals surface area contributed by atoms with Gasteiger partial charge in [0.25, 0.3) is 0 Å². The third-order valence-electron chi connectivity index (χ3n) is 3.79. The number of carbonyl (C=O) groups excluding carboxylic acids is 1. The molecule has 0 amide bonds. The van der Waals surface area contributed by atoms with Gasteiger partial charge >= 0.3 is 5.97 Å². The summed E-state index contributed by atoms with van der Waals surface area (Å²) in [7, 11) is 0. The Kier molecular flexibility index (Phi) is 11.7. The molecule has 1 rings (SSSR count). The molecular formula is C20H27IO2. The first kappa shape index (κ1) is 20.0. The molecule has 23 heavy (non-hydrogen) atoms. The van der Waals surface area contributed by atoms with Gasteiger partial charge in [0.1, 0.15) is 0 Å². The lowest BCUT2D eigenvalue weighted by Crippen LogP contribution is -2.08. The van der Waals surface area contributed by atoms with E-state index < -0.39 is 0 Å². The van der Waals surface area contributed by atoms with Gasteiger partial charge in [0.2, 0.25) is 0 Å². The van der Waals surface area contributed by atoms with Crippen LogP contribution in [-0.4, -0.2) is 12.6 Å². The summed E-state index contributed by atoms with van der Waals surface area (Å²) in [4.78, 5) is 11.9. The van der Waals surface area contributed by atoms with Gasteiger partial charge in [-0.15, -0.1) is 12.3 Å². The van der Waals surface area contributed by atoms with E-state index in [9.17, 15) is 4.79 Å². The highest BCUT2D eigenvalue weighted by molar-refractivity contribution is 14.1. The van der Waals surface area contributed by atoms with E-state index in [-0.39, 0.29) is 5.97 Å². The van der Waals surface area contributed by atoms with E-state index in [2.05, 4.69) is 28.5 Å². The number of benzene rings is 1. The topological polar surface area (TPSA) is 26.3 Å². The van der Waals surface area contributed by atoms with Crippen LogP contribution in [0.15, 0.2) is 24.3 Å². The monoisotopic (exact) mass is 426 g/mol. The van der Waals surface area contributed by atoms with Crippen LogP contribution in [0.25, 0.3) is 0 Å². The summed E-state index contributed by atoms with van der Waals surface area (Å²) in [6, 6.07) is 7.52. The molecule has 1 aromatic rings. The maximum atomic E-state index is 11.9. The number of hydrogen-bond acceptors (Lipinski definition) is 2. The zero-order valence-corrected chi connectivity index (χ0v) is 16.0. The third-order valence-corrected chi connectivity index (χ3v) is 4.73. The second-order valence-electron chi connectivity index (χ2n) is 5.75. The molecule has 0 saturated carbocycles. The van der Waals surface area contributed by atoms with Crippen LogP contribution < -0.4 is 0 Å². The molecule has 0 bridgehead atoms. The molecule has 0 saturated heterocycles. The Hall–Kier alpha value is -1.02. The first-order valence-corrected chi connectivity index (χ1v) is 9.68. The average Bonchev–Trinajstić information content (AvgIpc) is 2.56. The fraction of sp³-hybridized carbons (Fsp3) is 0.550. The Balaban J connectivity index is 1.93. The number of hydrogen-bond donors (Lipinski definition) is 0. The standard InChI is InChI=1S/C20H27IO2/c1-2-3-4-5-6-7-8-9-10-11-14-17-23-20(22)18-15-12-13-16-19(18)21/h1,12-13,15-16H,3-11,14,17H2. The zero-order valence-electron chi connectivity index (χ0n) is 13.9. The number of esters is 1. The van der Waals surface area contributed by atoms with E-state index in [0.717, 1.165) is 22.8 Å². The van der Waals surface area contributed by atoms with Gasteiger partial charge in [0.05, 0.1) is 12.2 Å². The average molecular weight is 426 g/mol. The van der Waals surface area contributed by atoms with E-state index >= 15 is 0 Å². The molecular weight excluding hydrogens is 399 g/mol. The Morgan fingerprint density at radius 1 is 0.957 bits per heavy atom. The normalized spacial score (nSPS) is 10.3. The van der Waals surface area contributed by atoms with Gasteiger partial charge in [0.15, 0.2) is 0 Å². The van der Waals surface area contributed by atoms with Crippen molar-refractivity contribution in [2.24, 2.45) is 0 Å². The molecule has 0 aromatic heterocycles. The molecule has 2 nitrogen and oxygen atoms in total. The largest absolute Gasteiger partial charge is 0.462 e. The second-order valence-corrected chi connectivity index (χ2v) is 6.91. The van der Waals surface area contributed by atoms with Crippen molar-refractivity contribution in [3.63, 3.8) is 0 Å². The highest BCUT2D eigenvalue weighted by atomic mass is 127. The van der Waals surface area contributed by atoms with E-state index in [1.54, 1.807) is 0 Å². The van der Waals surface area contributed by atoms with Gasteiger partial charge in [-0.25, -0.2) is 4.79 Å². The maximum Gasteiger partial charge on any atom is 0.339 e. The molecule has 0 atom stereocenters. The summed E-state index contributed by atoms with van der Waals surface area (Å²) in [6.45, 7) is 0.524. The van der Waals surface area contributed by atoms with Crippen molar-refractivity contribution in [2.75, 3.05) is 6.61 Å². The molecule has 0 heterocycles. The second kappa shape index (κ2) is 13.4. The van der Waals surface area contributed by atoms with E-state index in [0.29, 0.717) is 12.2 Å². The minimum atomic E-state index is -0.207. The number of carbonyl (C=O) groups is 1. The van der Waals surface area contributed by atoms with E-state index in [1.165, 1.54) is 44.9 Å². The molecule has 0 spiro atoms. The summed E-state index contributed by atoms with van der Waals surface area (Å²) in [5.74, 6) is 2.48. The Morgan fingerprint density at radius 2 is 1.52 bits per heavy atom. The van der Waals surface area contributed by atoms with E-state index in [4.69, 9.17) is 11.2 Å². The number of halogens is 1. The number of unbranched alkanes of at least 4 members (excludes halogenated alkanes) is 9. The quantitative estimate of drug-likeness (QED) is 0.178. The minimum absolute atomic E-state index is 0.207. The van der Waals surface area contributed by atoms with Gasteiger partial charge in [-0.2, -0.15) is 0 Å². The van der Waals surface area contributed by atoms with Crippen LogP contribution in [-0.2, 0) is 4.74 Å². The molecule has 0 unspecified atom stereocenters. The number of ether oxygens (including phenoxy) is 1. The summed E-state index contributed by atoms with van der Waals surface area (Å²) >= 11 is 2.16. The molecule has 0 aliphatic heterocycles. The van der Waals surface area contributed by atoms with Crippen LogP contribution in [0.5, 0.6) is 0 Å². The SMILES string of the molecule is C#CCCCCCCCCCCCOC(=O)c1ccccc1I. The maximum absolute atomic E-state index is 11.9. The molecule has 0 radical (unpaired) electrons. The summed E-state index contributed by atoms with van der Waals surface area (Å²) in [5, 5.41) is 0. The van der Waals surface area contributed by atoms with Gasteiger partial charge in [-0.3, -0.25) is 0 Å². The van der Waals surface area contributed by atoms with Crippen molar-refractivity contribution in [3.8, 4) is 12.3 Å². The molecule has 0 fully saturated rings. The molecule has 0 N–H and O–H groups in total. The van der Waals surface area contributed by atoms with Crippen LogP contribution in [0.3, 0.4) is 0 Å². The Morgan fingerprint density at radius 3 is 2.13 bits per heavy atom. The lowest BCUT2D eigenvalue weighted by molar-refractivity contribution is 0.0496. The van der Waals surface area contributed by atoms with Crippen molar-refractivity contribution in [1.82, 2.24) is 0 Å². The molecule has 0 aliphatic rings. The van der Waals surface area contributed by atoms with Crippen LogP contribution in [0.4, 0.5) is 0 Å². The van der Waals surface area contributed by atoms with Crippen molar-refractivity contribution < 1.29 is 9.53 Å². The number of terminal acetylenes is 1. The van der Waals surface area contributed by atoms with Crippen LogP contribution >= 0.6 is 22.6 Å².